The van der Waals surface area contributed by atoms with Gasteiger partial charge in [0.25, 0.3) is 10.0 Å². The van der Waals surface area contributed by atoms with Crippen LogP contribution in [0.5, 0.6) is 17.5 Å². The Labute approximate surface area is 242 Å². The Hall–Kier alpha value is -5.17. The Bertz CT molecular complexity index is 1700. The van der Waals surface area contributed by atoms with E-state index >= 15 is 0 Å². The van der Waals surface area contributed by atoms with E-state index in [1.807, 2.05) is 35.1 Å². The number of nitrogens with one attached hydrogen (secondary N) is 2. The van der Waals surface area contributed by atoms with Crippen LogP contribution in [-0.2, 0) is 21.2 Å². The summed E-state index contributed by atoms with van der Waals surface area (Å²) in [7, 11) is -1.41. The first kappa shape index (κ1) is 28.4. The van der Waals surface area contributed by atoms with Gasteiger partial charge >= 0.3 is 12.0 Å². The minimum atomic E-state index is -4.38. The summed E-state index contributed by atoms with van der Waals surface area (Å²) in [5.41, 5.74) is 1.95. The zero-order chi connectivity index (χ0) is 29.7. The van der Waals surface area contributed by atoms with Crippen LogP contribution in [0.15, 0.2) is 90.1 Å². The predicted octanol–water partition coefficient (Wildman–Crippen LogP) is 3.14. The normalized spacial score (nSPS) is 12.7. The van der Waals surface area contributed by atoms with E-state index in [-0.39, 0.29) is 29.7 Å². The maximum atomic E-state index is 13.6. The molecule has 4 aromatic rings. The number of hydrogen-bond donors (Lipinski definition) is 2. The van der Waals surface area contributed by atoms with E-state index < -0.39 is 28.0 Å². The lowest BCUT2D eigenvalue weighted by atomic mass is 10.0. The number of carbonyl (C=O) groups is 2. The van der Waals surface area contributed by atoms with Gasteiger partial charge in [0.05, 0.1) is 12.0 Å². The third-order valence-corrected chi connectivity index (χ3v) is 7.87. The van der Waals surface area contributed by atoms with Crippen LogP contribution >= 0.6 is 0 Å². The van der Waals surface area contributed by atoms with Crippen molar-refractivity contribution >= 4 is 27.6 Å². The van der Waals surface area contributed by atoms with Gasteiger partial charge in [-0.25, -0.2) is 27.9 Å². The minimum absolute atomic E-state index is 0.0812. The second-order valence-corrected chi connectivity index (χ2v) is 10.9. The molecular formula is C29H27N5O7S. The van der Waals surface area contributed by atoms with E-state index in [9.17, 15) is 18.0 Å². The molecular weight excluding hydrogens is 562 g/mol. The van der Waals surface area contributed by atoms with Crippen molar-refractivity contribution in [2.24, 2.45) is 0 Å². The average Bonchev–Trinajstić information content (AvgIpc) is 3.48. The highest BCUT2D eigenvalue weighted by Crippen LogP contribution is 2.35. The number of anilines is 1. The molecule has 12 nitrogen and oxygen atoms in total. The first-order chi connectivity index (χ1) is 20.2. The summed E-state index contributed by atoms with van der Waals surface area (Å²) in [5.74, 6) is 0.579. The molecule has 0 fully saturated rings. The molecule has 1 aliphatic rings. The van der Waals surface area contributed by atoms with Crippen LogP contribution in [0.3, 0.4) is 0 Å². The molecule has 5 rings (SSSR count). The van der Waals surface area contributed by atoms with Gasteiger partial charge < -0.3 is 24.4 Å². The number of carbonyl (C=O) groups excluding carboxylic acids is 2. The van der Waals surface area contributed by atoms with Crippen LogP contribution in [0.2, 0.25) is 0 Å². The van der Waals surface area contributed by atoms with E-state index in [0.29, 0.717) is 22.7 Å². The molecule has 3 amide bonds. The molecule has 0 bridgehead atoms. The molecule has 0 unspecified atom stereocenters. The summed E-state index contributed by atoms with van der Waals surface area (Å²) in [6.45, 7) is 0.0812. The Morgan fingerprint density at radius 2 is 1.67 bits per heavy atom. The number of fused-ring (bicyclic) bond motifs is 1. The van der Waals surface area contributed by atoms with E-state index in [1.165, 1.54) is 36.5 Å². The molecule has 1 aliphatic heterocycles. The molecule has 3 aromatic carbocycles. The van der Waals surface area contributed by atoms with Crippen LogP contribution in [0.1, 0.15) is 5.56 Å². The van der Waals surface area contributed by atoms with Crippen LogP contribution in [0.25, 0.3) is 11.1 Å². The van der Waals surface area contributed by atoms with Crippen molar-refractivity contribution < 1.29 is 32.2 Å². The predicted molar refractivity (Wildman–Crippen MR) is 153 cm³/mol. The molecule has 2 heterocycles. The van der Waals surface area contributed by atoms with Crippen molar-refractivity contribution in [3.05, 3.63) is 90.8 Å². The van der Waals surface area contributed by atoms with Crippen LogP contribution in [0.4, 0.5) is 10.5 Å². The summed E-state index contributed by atoms with van der Waals surface area (Å²) in [6.07, 6.45) is 2.95. The van der Waals surface area contributed by atoms with E-state index in [0.717, 1.165) is 5.56 Å². The fourth-order valence-electron chi connectivity index (χ4n) is 4.37. The van der Waals surface area contributed by atoms with Crippen molar-refractivity contribution in [3.8, 4) is 28.6 Å². The van der Waals surface area contributed by atoms with Crippen molar-refractivity contribution in [2.45, 2.75) is 17.4 Å². The van der Waals surface area contributed by atoms with Gasteiger partial charge in [0.2, 0.25) is 12.7 Å². The minimum Gasteiger partial charge on any atom is -0.467 e. The third-order valence-electron chi connectivity index (χ3n) is 6.49. The first-order valence-electron chi connectivity index (χ1n) is 12.7. The standard InChI is InChI=1S/C29H27N5O7S/c1-34(21-12-13-24-25(15-21)41-18-40-24)27(35)23(14-19-8-4-3-5-9-19)32-28(36)33-42(37,38)26-11-7-6-10-22(26)20-16-30-29(39-2)31-17-20/h3-13,15-17,23H,14,18H2,1-2H3,(H2,32,33,36)/t23-/m0/s1. The molecule has 0 saturated carbocycles. The molecule has 0 aliphatic carbocycles. The second kappa shape index (κ2) is 12.1. The number of rotatable bonds is 9. The monoisotopic (exact) mass is 589 g/mol. The van der Waals surface area contributed by atoms with Gasteiger partial charge in [0.1, 0.15) is 6.04 Å². The maximum absolute atomic E-state index is 13.6. The number of amides is 3. The van der Waals surface area contributed by atoms with Crippen molar-refractivity contribution in [1.29, 1.82) is 0 Å². The van der Waals surface area contributed by atoms with Gasteiger partial charge in [-0.2, -0.15) is 0 Å². The third kappa shape index (κ3) is 6.25. The summed E-state index contributed by atoms with van der Waals surface area (Å²) < 4.78 is 44.5. The van der Waals surface area contributed by atoms with Crippen LogP contribution in [0, 0.1) is 0 Å². The lowest BCUT2D eigenvalue weighted by Gasteiger charge is -2.25. The number of urea groups is 1. The van der Waals surface area contributed by atoms with E-state index in [2.05, 4.69) is 15.3 Å². The molecule has 0 saturated heterocycles. The molecule has 0 radical (unpaired) electrons. The largest absolute Gasteiger partial charge is 0.467 e. The molecule has 1 aromatic heterocycles. The van der Waals surface area contributed by atoms with Crippen LogP contribution in [-0.4, -0.2) is 57.3 Å². The lowest BCUT2D eigenvalue weighted by molar-refractivity contribution is -0.120. The summed E-state index contributed by atoms with van der Waals surface area (Å²) in [5, 5.41) is 2.55. The van der Waals surface area contributed by atoms with Crippen molar-refractivity contribution in [3.63, 3.8) is 0 Å². The number of ether oxygens (including phenoxy) is 3. The van der Waals surface area contributed by atoms with Gasteiger partial charge in [-0.15, -0.1) is 0 Å². The Balaban J connectivity index is 1.37. The summed E-state index contributed by atoms with van der Waals surface area (Å²) in [4.78, 5) is 36.0. The van der Waals surface area contributed by atoms with Crippen LogP contribution < -0.4 is 29.1 Å². The van der Waals surface area contributed by atoms with Gasteiger partial charge in [-0.05, 0) is 23.8 Å². The van der Waals surface area contributed by atoms with Crippen molar-refractivity contribution in [1.82, 2.24) is 20.0 Å². The number of methoxy groups -OCH3 is 1. The quantitative estimate of drug-likeness (QED) is 0.300. The molecule has 216 valence electrons. The Kier molecular flexibility index (Phi) is 8.20. The average molecular weight is 590 g/mol. The SMILES string of the molecule is COc1ncc(-c2ccccc2S(=O)(=O)NC(=O)N[C@@H](Cc2ccccc2)C(=O)N(C)c2ccc3c(c2)OCO3)cn1. The summed E-state index contributed by atoms with van der Waals surface area (Å²) in [6, 6.07) is 18.2. The second-order valence-electron chi connectivity index (χ2n) is 9.21. The number of benzene rings is 3. The summed E-state index contributed by atoms with van der Waals surface area (Å²) >= 11 is 0. The molecule has 1 atom stereocenters. The fraction of sp³-hybridized carbons (Fsp3) is 0.172. The Morgan fingerprint density at radius 1 is 0.976 bits per heavy atom. The Morgan fingerprint density at radius 3 is 2.40 bits per heavy atom. The zero-order valence-electron chi connectivity index (χ0n) is 22.7. The van der Waals surface area contributed by atoms with E-state index in [4.69, 9.17) is 14.2 Å². The zero-order valence-corrected chi connectivity index (χ0v) is 23.5. The lowest BCUT2D eigenvalue weighted by Crippen LogP contribution is -2.52. The van der Waals surface area contributed by atoms with Gasteiger partial charge in [0, 0.05) is 48.7 Å². The van der Waals surface area contributed by atoms with E-state index in [1.54, 1.807) is 37.4 Å². The number of nitrogens with zero attached hydrogens (tertiary/aromatic N) is 3. The number of aromatic nitrogens is 2. The molecule has 2 N–H and O–H groups in total. The number of hydrogen-bond acceptors (Lipinski definition) is 9. The maximum Gasteiger partial charge on any atom is 0.329 e. The first-order valence-corrected chi connectivity index (χ1v) is 14.2. The van der Waals surface area contributed by atoms with Crippen molar-refractivity contribution in [2.75, 3.05) is 25.9 Å². The highest BCUT2D eigenvalue weighted by Gasteiger charge is 2.29. The number of likely N-dealkylation sites (N-methyl/N-ethyl adjacent to an activating group) is 1. The fourth-order valence-corrected chi connectivity index (χ4v) is 5.52. The molecule has 42 heavy (non-hydrogen) atoms. The molecule has 0 spiro atoms. The highest BCUT2D eigenvalue weighted by molar-refractivity contribution is 7.90. The molecule has 13 heteroatoms. The van der Waals surface area contributed by atoms with Gasteiger partial charge in [-0.1, -0.05) is 48.5 Å². The van der Waals surface area contributed by atoms with Gasteiger partial charge in [-0.3, -0.25) is 4.79 Å². The topological polar surface area (TPSA) is 149 Å². The number of sulfonamides is 1. The highest BCUT2D eigenvalue weighted by atomic mass is 32.2. The van der Waals surface area contributed by atoms with Gasteiger partial charge in [0.15, 0.2) is 11.5 Å². The smallest absolute Gasteiger partial charge is 0.329 e.